The Morgan fingerprint density at radius 2 is 1.89 bits per heavy atom. The van der Waals surface area contributed by atoms with Crippen LogP contribution in [0.25, 0.3) is 10.8 Å². The summed E-state index contributed by atoms with van der Waals surface area (Å²) in [6.45, 7) is 0. The Morgan fingerprint density at radius 3 is 2.61 bits per heavy atom. The highest BCUT2D eigenvalue weighted by atomic mass is 19.1. The third kappa shape index (κ3) is 2.41. The van der Waals surface area contributed by atoms with E-state index in [2.05, 4.69) is 20.5 Å². The molecular weight excluding hydrogens is 364 g/mol. The molecule has 5 rings (SSSR count). The first kappa shape index (κ1) is 16.6. The smallest absolute Gasteiger partial charge is 0.272 e. The minimum absolute atomic E-state index is 0.220. The van der Waals surface area contributed by atoms with Gasteiger partial charge in [0.15, 0.2) is 0 Å². The van der Waals surface area contributed by atoms with Gasteiger partial charge in [0.05, 0.1) is 23.0 Å². The number of halogens is 2. The fourth-order valence-corrected chi connectivity index (χ4v) is 3.95. The number of hydrogen-bond acceptors (Lipinski definition) is 4. The lowest BCUT2D eigenvalue weighted by Crippen LogP contribution is -2.30. The van der Waals surface area contributed by atoms with Gasteiger partial charge in [-0.25, -0.2) is 18.9 Å². The van der Waals surface area contributed by atoms with Crippen molar-refractivity contribution in [2.75, 3.05) is 5.32 Å². The van der Waals surface area contributed by atoms with Gasteiger partial charge in [0.25, 0.3) is 5.56 Å². The van der Waals surface area contributed by atoms with E-state index in [-0.39, 0.29) is 23.2 Å². The van der Waals surface area contributed by atoms with Crippen molar-refractivity contribution in [3.63, 3.8) is 0 Å². The highest BCUT2D eigenvalue weighted by molar-refractivity contribution is 5.97. The molecule has 2 atom stereocenters. The van der Waals surface area contributed by atoms with Gasteiger partial charge in [-0.15, -0.1) is 0 Å². The van der Waals surface area contributed by atoms with E-state index in [0.29, 0.717) is 22.6 Å². The second-order valence-electron chi connectivity index (χ2n) is 6.86. The minimum atomic E-state index is -0.517. The van der Waals surface area contributed by atoms with Crippen LogP contribution in [0.4, 0.5) is 14.5 Å². The summed E-state index contributed by atoms with van der Waals surface area (Å²) < 4.78 is 29.5. The van der Waals surface area contributed by atoms with Crippen molar-refractivity contribution in [3.8, 4) is 0 Å². The van der Waals surface area contributed by atoms with Gasteiger partial charge in [-0.2, -0.15) is 5.10 Å². The Kier molecular flexibility index (Phi) is 3.55. The number of imidazole rings is 1. The zero-order valence-electron chi connectivity index (χ0n) is 14.8. The summed E-state index contributed by atoms with van der Waals surface area (Å²) >= 11 is 0. The van der Waals surface area contributed by atoms with Crippen LogP contribution >= 0.6 is 0 Å². The molecule has 0 spiro atoms. The highest BCUT2D eigenvalue weighted by Gasteiger charge is 2.37. The van der Waals surface area contributed by atoms with Crippen molar-refractivity contribution in [2.24, 2.45) is 7.05 Å². The molecule has 0 bridgehead atoms. The fourth-order valence-electron chi connectivity index (χ4n) is 3.95. The second kappa shape index (κ2) is 5.98. The molecule has 1 aliphatic heterocycles. The molecule has 0 radical (unpaired) electrons. The van der Waals surface area contributed by atoms with Gasteiger partial charge >= 0.3 is 0 Å². The first-order valence-corrected chi connectivity index (χ1v) is 8.74. The molecule has 0 amide bonds. The number of nitrogens with one attached hydrogen (secondary N) is 2. The molecule has 2 aromatic heterocycles. The van der Waals surface area contributed by atoms with Gasteiger partial charge in [-0.05, 0) is 29.8 Å². The molecule has 140 valence electrons. The number of aromatic nitrogens is 4. The summed E-state index contributed by atoms with van der Waals surface area (Å²) in [5.74, 6) is -0.510. The third-order valence-corrected chi connectivity index (χ3v) is 5.19. The average Bonchev–Trinajstić information content (AvgIpc) is 3.10. The van der Waals surface area contributed by atoms with Crippen molar-refractivity contribution in [1.82, 2.24) is 19.7 Å². The summed E-state index contributed by atoms with van der Waals surface area (Å²) in [5.41, 5.74) is 1.41. The van der Waals surface area contributed by atoms with Crippen LogP contribution in [0.15, 0.2) is 53.6 Å². The van der Waals surface area contributed by atoms with E-state index >= 15 is 0 Å². The number of benzene rings is 2. The number of aromatic amines is 1. The maximum Gasteiger partial charge on any atom is 0.272 e. The fraction of sp³-hybridized carbons (Fsp3) is 0.150. The average molecular weight is 379 g/mol. The van der Waals surface area contributed by atoms with Gasteiger partial charge in [0.1, 0.15) is 17.5 Å². The van der Waals surface area contributed by atoms with E-state index in [1.54, 1.807) is 18.3 Å². The molecule has 4 aromatic rings. The van der Waals surface area contributed by atoms with Crippen LogP contribution in [-0.2, 0) is 7.05 Å². The predicted octanol–water partition coefficient (Wildman–Crippen LogP) is 3.23. The molecule has 0 saturated heterocycles. The van der Waals surface area contributed by atoms with Crippen LogP contribution in [0.1, 0.15) is 29.0 Å². The normalized spacial score (nSPS) is 18.2. The molecular formula is C20H15F2N5O. The van der Waals surface area contributed by atoms with E-state index in [9.17, 15) is 13.6 Å². The number of rotatable bonds is 2. The lowest BCUT2D eigenvalue weighted by Gasteiger charge is -2.34. The van der Waals surface area contributed by atoms with Crippen LogP contribution in [0.3, 0.4) is 0 Å². The summed E-state index contributed by atoms with van der Waals surface area (Å²) in [6.07, 6.45) is 3.49. The molecule has 8 heteroatoms. The molecule has 2 N–H and O–H groups in total. The standard InChI is InChI=1S/C20H15F2N5O/c1-27-7-6-23-19(27)18-15(10-2-4-11(21)5-3-10)17-16-13(20(28)26-25-17)8-12(22)9-14(16)24-18/h2-9,15,18,24H,1H3,(H,26,28)/t15?,18-/m0/s1. The molecule has 28 heavy (non-hydrogen) atoms. The van der Waals surface area contributed by atoms with Crippen LogP contribution in [-0.4, -0.2) is 19.7 Å². The Hall–Kier alpha value is -3.55. The van der Waals surface area contributed by atoms with E-state index in [4.69, 9.17) is 0 Å². The largest absolute Gasteiger partial charge is 0.374 e. The maximum absolute atomic E-state index is 14.2. The number of nitrogens with zero attached hydrogens (tertiary/aromatic N) is 3. The van der Waals surface area contributed by atoms with Crippen LogP contribution < -0.4 is 10.9 Å². The van der Waals surface area contributed by atoms with Gasteiger partial charge in [0.2, 0.25) is 0 Å². The third-order valence-electron chi connectivity index (χ3n) is 5.19. The van der Waals surface area contributed by atoms with Crippen molar-refractivity contribution in [3.05, 3.63) is 87.9 Å². The van der Waals surface area contributed by atoms with Crippen molar-refractivity contribution < 1.29 is 8.78 Å². The topological polar surface area (TPSA) is 75.6 Å². The molecule has 0 aliphatic carbocycles. The molecule has 3 heterocycles. The number of anilines is 1. The molecule has 1 aliphatic rings. The number of aryl methyl sites for hydroxylation is 1. The summed E-state index contributed by atoms with van der Waals surface area (Å²) in [7, 11) is 1.86. The van der Waals surface area contributed by atoms with Crippen molar-refractivity contribution in [1.29, 1.82) is 0 Å². The van der Waals surface area contributed by atoms with E-state index < -0.39 is 11.4 Å². The molecule has 2 aromatic carbocycles. The lowest BCUT2D eigenvalue weighted by atomic mass is 9.82. The summed E-state index contributed by atoms with van der Waals surface area (Å²) in [6, 6.07) is 8.30. The number of hydrogen-bond donors (Lipinski definition) is 2. The van der Waals surface area contributed by atoms with Crippen LogP contribution in [0.5, 0.6) is 0 Å². The second-order valence-corrected chi connectivity index (χ2v) is 6.86. The molecule has 0 fully saturated rings. The van der Waals surface area contributed by atoms with Crippen LogP contribution in [0.2, 0.25) is 0 Å². The molecule has 0 saturated carbocycles. The minimum Gasteiger partial charge on any atom is -0.374 e. The summed E-state index contributed by atoms with van der Waals surface area (Å²) in [4.78, 5) is 16.7. The van der Waals surface area contributed by atoms with Gasteiger partial charge in [-0.3, -0.25) is 4.79 Å². The first-order chi connectivity index (χ1) is 13.5. The SMILES string of the molecule is Cn1ccnc1[C@H]1Nc2cc(F)cc3c(=O)[nH]nc(c23)C1c1ccc(F)cc1. The summed E-state index contributed by atoms with van der Waals surface area (Å²) in [5, 5.41) is 10.9. The van der Waals surface area contributed by atoms with E-state index in [0.717, 1.165) is 5.56 Å². The monoisotopic (exact) mass is 379 g/mol. The Labute approximate surface area is 157 Å². The molecule has 6 nitrogen and oxygen atoms in total. The van der Waals surface area contributed by atoms with Crippen molar-refractivity contribution >= 4 is 16.5 Å². The maximum atomic E-state index is 14.2. The number of H-pyrrole nitrogens is 1. The van der Waals surface area contributed by atoms with Crippen LogP contribution in [0, 0.1) is 11.6 Å². The quantitative estimate of drug-likeness (QED) is 0.561. The lowest BCUT2D eigenvalue weighted by molar-refractivity contribution is 0.577. The van der Waals surface area contributed by atoms with E-state index in [1.165, 1.54) is 24.3 Å². The Balaban J connectivity index is 1.83. The zero-order chi connectivity index (χ0) is 19.4. The van der Waals surface area contributed by atoms with Gasteiger partial charge in [0, 0.05) is 30.5 Å². The Morgan fingerprint density at radius 1 is 1.11 bits per heavy atom. The van der Waals surface area contributed by atoms with Crippen molar-refractivity contribution in [2.45, 2.75) is 12.0 Å². The van der Waals surface area contributed by atoms with E-state index in [1.807, 2.05) is 17.8 Å². The first-order valence-electron chi connectivity index (χ1n) is 8.74. The Bertz CT molecular complexity index is 1260. The molecule has 1 unspecified atom stereocenters. The zero-order valence-corrected chi connectivity index (χ0v) is 14.8. The van der Waals surface area contributed by atoms with Gasteiger partial charge < -0.3 is 9.88 Å². The van der Waals surface area contributed by atoms with Gasteiger partial charge in [-0.1, -0.05) is 12.1 Å². The predicted molar refractivity (Wildman–Crippen MR) is 100 cm³/mol. The highest BCUT2D eigenvalue weighted by Crippen LogP contribution is 2.45.